The van der Waals surface area contributed by atoms with Crippen LogP contribution < -0.4 is 0 Å². The molecule has 0 aromatic heterocycles. The monoisotopic (exact) mass is 1510 g/mol. The van der Waals surface area contributed by atoms with Gasteiger partial charge in [0.2, 0.25) is 0 Å². The summed E-state index contributed by atoms with van der Waals surface area (Å²) in [5.74, 6) is 1.07. The van der Waals surface area contributed by atoms with Gasteiger partial charge in [0, 0.05) is 25.7 Å². The second kappa shape index (κ2) is 72.9. The summed E-state index contributed by atoms with van der Waals surface area (Å²) >= 11 is 0. The summed E-state index contributed by atoms with van der Waals surface area (Å²) in [7, 11) is -9.93. The Morgan fingerprint density at radius 2 is 0.466 bits per heavy atom. The molecule has 0 aliphatic rings. The Morgan fingerprint density at radius 3 is 0.689 bits per heavy atom. The van der Waals surface area contributed by atoms with Crippen LogP contribution in [0, 0.1) is 23.7 Å². The van der Waals surface area contributed by atoms with Crippen LogP contribution >= 0.6 is 15.6 Å². The smallest absolute Gasteiger partial charge is 0.462 e. The fourth-order valence-electron chi connectivity index (χ4n) is 12.9. The first-order valence-corrected chi connectivity index (χ1v) is 46.3. The molecule has 0 fully saturated rings. The molecule has 17 nitrogen and oxygen atoms in total. The first-order valence-electron chi connectivity index (χ1n) is 43.3. The van der Waals surface area contributed by atoms with Gasteiger partial charge in [-0.05, 0) is 49.4 Å². The molecule has 0 amide bonds. The zero-order valence-corrected chi connectivity index (χ0v) is 69.7. The molecule has 0 spiro atoms. The van der Waals surface area contributed by atoms with Gasteiger partial charge in [-0.3, -0.25) is 37.3 Å². The lowest BCUT2D eigenvalue weighted by Crippen LogP contribution is -2.30. The van der Waals surface area contributed by atoms with Gasteiger partial charge < -0.3 is 33.8 Å². The SMILES string of the molecule is CCC(C)CCCCCCCCCCCCCCCCC(=O)OC[C@H](COP(=O)(O)OC[C@@H](O)COP(=O)(O)OC[C@@H](COC(=O)CCCCCCCCC(C)CC)OC(=O)CCCCCCCCCCCCCCCCCC(C)C)OC(=O)CCCCCCCCCCCCCCCCC(C)C. The van der Waals surface area contributed by atoms with Gasteiger partial charge in [-0.2, -0.15) is 0 Å². The molecule has 3 N–H and O–H groups in total. The lowest BCUT2D eigenvalue weighted by atomic mass is 9.99. The Morgan fingerprint density at radius 1 is 0.272 bits per heavy atom. The van der Waals surface area contributed by atoms with Gasteiger partial charge in [-0.15, -0.1) is 0 Å². The predicted octanol–water partition coefficient (Wildman–Crippen LogP) is 25.2. The van der Waals surface area contributed by atoms with Crippen LogP contribution in [0.15, 0.2) is 0 Å². The van der Waals surface area contributed by atoms with E-state index in [1.807, 2.05) is 0 Å². The van der Waals surface area contributed by atoms with E-state index in [0.29, 0.717) is 25.7 Å². The van der Waals surface area contributed by atoms with E-state index in [1.54, 1.807) is 0 Å². The van der Waals surface area contributed by atoms with Crippen LogP contribution in [0.2, 0.25) is 0 Å². The molecule has 0 radical (unpaired) electrons. The van der Waals surface area contributed by atoms with Crippen molar-refractivity contribution in [3.63, 3.8) is 0 Å². The minimum absolute atomic E-state index is 0.107. The number of hydrogen-bond donors (Lipinski definition) is 3. The van der Waals surface area contributed by atoms with Crippen molar-refractivity contribution < 1.29 is 80.2 Å². The lowest BCUT2D eigenvalue weighted by Gasteiger charge is -2.21. The summed E-state index contributed by atoms with van der Waals surface area (Å²) in [5.41, 5.74) is 0. The van der Waals surface area contributed by atoms with Crippen molar-refractivity contribution in [1.29, 1.82) is 0 Å². The summed E-state index contributed by atoms with van der Waals surface area (Å²) in [5, 5.41) is 10.7. The summed E-state index contributed by atoms with van der Waals surface area (Å²) in [6.45, 7) is 14.3. The molecule has 0 heterocycles. The molecule has 4 unspecified atom stereocenters. The van der Waals surface area contributed by atoms with E-state index < -0.39 is 97.5 Å². The zero-order chi connectivity index (χ0) is 76.0. The standard InChI is InChI=1S/C84H164O17P2/c1-9-76(7)62-54-46-38-32-26-20-15-17-21-27-33-39-48-56-64-81(86)94-70-79(100-83(88)66-59-51-41-35-29-23-16-14-19-25-31-37-45-53-61-75(5)6)72-98-102(90,91)96-68-78(85)69-97-103(92,93)99-73-80(71-95-82(87)65-57-49-43-42-47-55-63-77(8)10-2)101-84(89)67-58-50-40-34-28-22-13-11-12-18-24-30-36-44-52-60-74(3)4/h74-80,85H,9-73H2,1-8H3,(H,90,91)(H,92,93)/t76?,77?,78-,79-,80-/m1/s1. The summed E-state index contributed by atoms with van der Waals surface area (Å²) in [6.07, 6.45) is 61.0. The van der Waals surface area contributed by atoms with Crippen molar-refractivity contribution in [3.8, 4) is 0 Å². The molecular formula is C84H164O17P2. The van der Waals surface area contributed by atoms with Crippen LogP contribution in [0.25, 0.3) is 0 Å². The molecule has 0 bridgehead atoms. The van der Waals surface area contributed by atoms with Crippen LogP contribution in [0.4, 0.5) is 0 Å². The number of phosphoric acid groups is 2. The van der Waals surface area contributed by atoms with Gasteiger partial charge in [-0.25, -0.2) is 9.13 Å². The zero-order valence-electron chi connectivity index (χ0n) is 68.0. The number of hydrogen-bond acceptors (Lipinski definition) is 15. The molecule has 612 valence electrons. The molecule has 0 rings (SSSR count). The highest BCUT2D eigenvalue weighted by Gasteiger charge is 2.30. The Hall–Kier alpha value is -1.94. The normalized spacial score (nSPS) is 14.5. The predicted molar refractivity (Wildman–Crippen MR) is 423 cm³/mol. The van der Waals surface area contributed by atoms with Gasteiger partial charge in [-0.1, -0.05) is 383 Å². The number of carbonyl (C=O) groups is 4. The molecule has 0 aliphatic carbocycles. The lowest BCUT2D eigenvalue weighted by molar-refractivity contribution is -0.161. The molecule has 0 saturated carbocycles. The van der Waals surface area contributed by atoms with Crippen LogP contribution in [0.5, 0.6) is 0 Å². The quantitative estimate of drug-likeness (QED) is 0.0222. The maximum absolute atomic E-state index is 13.1. The second-order valence-electron chi connectivity index (χ2n) is 31.7. The van der Waals surface area contributed by atoms with E-state index in [1.165, 1.54) is 231 Å². The maximum Gasteiger partial charge on any atom is 0.472 e. The van der Waals surface area contributed by atoms with E-state index >= 15 is 0 Å². The van der Waals surface area contributed by atoms with E-state index in [2.05, 4.69) is 55.4 Å². The largest absolute Gasteiger partial charge is 0.472 e. The van der Waals surface area contributed by atoms with Crippen LogP contribution in [0.1, 0.15) is 434 Å². The van der Waals surface area contributed by atoms with Crippen LogP contribution in [-0.4, -0.2) is 96.7 Å². The highest BCUT2D eigenvalue weighted by Crippen LogP contribution is 2.45. The number of carbonyl (C=O) groups excluding carboxylic acids is 4. The Bertz CT molecular complexity index is 2010. The summed E-state index contributed by atoms with van der Waals surface area (Å²) in [6, 6.07) is 0. The average Bonchev–Trinajstić information content (AvgIpc) is 0.911. The third kappa shape index (κ3) is 75.3. The van der Waals surface area contributed by atoms with Crippen molar-refractivity contribution in [1.82, 2.24) is 0 Å². The third-order valence-corrected chi connectivity index (χ3v) is 22.2. The molecule has 0 aromatic carbocycles. The second-order valence-corrected chi connectivity index (χ2v) is 34.6. The third-order valence-electron chi connectivity index (χ3n) is 20.3. The number of phosphoric ester groups is 2. The molecule has 7 atom stereocenters. The van der Waals surface area contributed by atoms with Crippen molar-refractivity contribution in [2.45, 2.75) is 453 Å². The number of esters is 4. The van der Waals surface area contributed by atoms with Crippen LogP contribution in [0.3, 0.4) is 0 Å². The van der Waals surface area contributed by atoms with Crippen molar-refractivity contribution in [2.75, 3.05) is 39.6 Å². The van der Waals surface area contributed by atoms with Crippen molar-refractivity contribution in [3.05, 3.63) is 0 Å². The minimum atomic E-state index is -4.97. The summed E-state index contributed by atoms with van der Waals surface area (Å²) < 4.78 is 68.8. The molecule has 103 heavy (non-hydrogen) atoms. The minimum Gasteiger partial charge on any atom is -0.462 e. The fourth-order valence-corrected chi connectivity index (χ4v) is 14.5. The molecule has 19 heteroatoms. The Labute approximate surface area is 632 Å². The van der Waals surface area contributed by atoms with Gasteiger partial charge in [0.15, 0.2) is 12.2 Å². The number of unbranched alkanes of at least 4 members (excludes halogenated alkanes) is 45. The first kappa shape index (κ1) is 101. The summed E-state index contributed by atoms with van der Waals surface area (Å²) in [4.78, 5) is 73.2. The highest BCUT2D eigenvalue weighted by atomic mass is 31.2. The van der Waals surface area contributed by atoms with Crippen LogP contribution in [-0.2, 0) is 65.4 Å². The molecule has 0 aromatic rings. The van der Waals surface area contributed by atoms with E-state index in [4.69, 9.17) is 37.0 Å². The van der Waals surface area contributed by atoms with E-state index in [9.17, 15) is 43.2 Å². The number of ether oxygens (including phenoxy) is 4. The first-order chi connectivity index (χ1) is 49.7. The molecule has 0 saturated heterocycles. The van der Waals surface area contributed by atoms with Crippen molar-refractivity contribution >= 4 is 39.5 Å². The Balaban J connectivity index is 5.25. The number of aliphatic hydroxyl groups is 1. The Kier molecular flexibility index (Phi) is 71.5. The molecule has 0 aliphatic heterocycles. The topological polar surface area (TPSA) is 237 Å². The van der Waals surface area contributed by atoms with Crippen molar-refractivity contribution in [2.24, 2.45) is 23.7 Å². The fraction of sp³-hybridized carbons (Fsp3) is 0.952. The van der Waals surface area contributed by atoms with E-state index in [0.717, 1.165) is 120 Å². The van der Waals surface area contributed by atoms with E-state index in [-0.39, 0.29) is 25.7 Å². The number of aliphatic hydroxyl groups excluding tert-OH is 1. The van der Waals surface area contributed by atoms with Gasteiger partial charge in [0.1, 0.15) is 19.3 Å². The highest BCUT2D eigenvalue weighted by molar-refractivity contribution is 7.47. The molecular weight excluding hydrogens is 1340 g/mol. The average molecular weight is 1510 g/mol. The maximum atomic E-state index is 13.1. The number of rotatable bonds is 81. The van der Waals surface area contributed by atoms with Gasteiger partial charge in [0.25, 0.3) is 0 Å². The van der Waals surface area contributed by atoms with Gasteiger partial charge in [0.05, 0.1) is 26.4 Å². The van der Waals surface area contributed by atoms with Gasteiger partial charge >= 0.3 is 39.5 Å².